The molecular formula is C13H19N3O3S. The van der Waals surface area contributed by atoms with E-state index in [1.165, 1.54) is 19.1 Å². The van der Waals surface area contributed by atoms with Crippen molar-refractivity contribution in [3.05, 3.63) is 24.3 Å². The Morgan fingerprint density at radius 1 is 1.25 bits per heavy atom. The summed E-state index contributed by atoms with van der Waals surface area (Å²) in [6.45, 7) is 4.87. The SMILES string of the molecule is CC(=O)Nc1ccc(S(=O)(=O)NC2CNCC2C)cc1. The van der Waals surface area contributed by atoms with Gasteiger partial charge in [0.25, 0.3) is 0 Å². The number of carbonyl (C=O) groups excluding carboxylic acids is 1. The van der Waals surface area contributed by atoms with Gasteiger partial charge in [0.05, 0.1) is 4.90 Å². The maximum Gasteiger partial charge on any atom is 0.240 e. The second-order valence-corrected chi connectivity index (χ2v) is 6.78. The van der Waals surface area contributed by atoms with Crippen molar-refractivity contribution in [2.24, 2.45) is 5.92 Å². The molecule has 1 amide bonds. The Kier molecular flexibility index (Phi) is 4.42. The van der Waals surface area contributed by atoms with E-state index in [9.17, 15) is 13.2 Å². The summed E-state index contributed by atoms with van der Waals surface area (Å²) in [6.07, 6.45) is 0. The molecule has 0 bridgehead atoms. The Labute approximate surface area is 119 Å². The van der Waals surface area contributed by atoms with Crippen molar-refractivity contribution in [1.29, 1.82) is 0 Å². The fourth-order valence-corrected chi connectivity index (χ4v) is 3.50. The first-order chi connectivity index (χ1) is 9.38. The normalized spacial score (nSPS) is 22.7. The van der Waals surface area contributed by atoms with E-state index in [-0.39, 0.29) is 22.8 Å². The summed E-state index contributed by atoms with van der Waals surface area (Å²) in [7, 11) is -3.52. The van der Waals surface area contributed by atoms with Crippen LogP contribution in [0.5, 0.6) is 0 Å². The van der Waals surface area contributed by atoms with Crippen LogP contribution in [0.1, 0.15) is 13.8 Å². The predicted octanol–water partition coefficient (Wildman–Crippen LogP) is 0.531. The minimum atomic E-state index is -3.52. The molecule has 110 valence electrons. The number of anilines is 1. The molecule has 1 aromatic rings. The highest BCUT2D eigenvalue weighted by molar-refractivity contribution is 7.89. The monoisotopic (exact) mass is 297 g/mol. The standard InChI is InChI=1S/C13H19N3O3S/c1-9-7-14-8-13(9)16-20(18,19)12-5-3-11(4-6-12)15-10(2)17/h3-6,9,13-14,16H,7-8H2,1-2H3,(H,15,17). The molecule has 2 atom stereocenters. The number of carbonyl (C=O) groups is 1. The number of amides is 1. The molecule has 3 N–H and O–H groups in total. The van der Waals surface area contributed by atoms with E-state index in [1.54, 1.807) is 12.1 Å². The molecule has 20 heavy (non-hydrogen) atoms. The Hall–Kier alpha value is -1.44. The third kappa shape index (κ3) is 3.56. The molecule has 2 rings (SSSR count). The van der Waals surface area contributed by atoms with Gasteiger partial charge in [0.2, 0.25) is 15.9 Å². The Bertz CT molecular complexity index is 583. The first kappa shape index (κ1) is 15.0. The van der Waals surface area contributed by atoms with Crippen LogP contribution in [0.4, 0.5) is 5.69 Å². The molecular weight excluding hydrogens is 278 g/mol. The Morgan fingerprint density at radius 2 is 1.90 bits per heavy atom. The van der Waals surface area contributed by atoms with Gasteiger partial charge >= 0.3 is 0 Å². The van der Waals surface area contributed by atoms with Crippen molar-refractivity contribution >= 4 is 21.6 Å². The molecule has 1 aliphatic heterocycles. The summed E-state index contributed by atoms with van der Waals surface area (Å²) < 4.78 is 27.2. The fraction of sp³-hybridized carbons (Fsp3) is 0.462. The first-order valence-corrected chi connectivity index (χ1v) is 7.97. The summed E-state index contributed by atoms with van der Waals surface area (Å²) >= 11 is 0. The van der Waals surface area contributed by atoms with Crippen molar-refractivity contribution in [2.45, 2.75) is 24.8 Å². The topological polar surface area (TPSA) is 87.3 Å². The summed E-state index contributed by atoms with van der Waals surface area (Å²) in [5.74, 6) is 0.0769. The van der Waals surface area contributed by atoms with E-state index in [1.807, 2.05) is 6.92 Å². The number of hydrogen-bond acceptors (Lipinski definition) is 4. The van der Waals surface area contributed by atoms with E-state index in [4.69, 9.17) is 0 Å². The fourth-order valence-electron chi connectivity index (χ4n) is 2.16. The average Bonchev–Trinajstić information content (AvgIpc) is 2.74. The van der Waals surface area contributed by atoms with Gasteiger partial charge in [0.1, 0.15) is 0 Å². The van der Waals surface area contributed by atoms with Crippen LogP contribution in [0, 0.1) is 5.92 Å². The van der Waals surface area contributed by atoms with E-state index in [0.29, 0.717) is 12.2 Å². The molecule has 1 aromatic carbocycles. The molecule has 0 aromatic heterocycles. The molecule has 0 spiro atoms. The van der Waals surface area contributed by atoms with E-state index in [2.05, 4.69) is 15.4 Å². The minimum Gasteiger partial charge on any atom is -0.326 e. The number of rotatable bonds is 4. The summed E-state index contributed by atoms with van der Waals surface area (Å²) in [5, 5.41) is 5.75. The molecule has 2 unspecified atom stereocenters. The number of benzene rings is 1. The quantitative estimate of drug-likeness (QED) is 0.756. The van der Waals surface area contributed by atoms with E-state index < -0.39 is 10.0 Å². The minimum absolute atomic E-state index is 0.0879. The summed E-state index contributed by atoms with van der Waals surface area (Å²) in [4.78, 5) is 11.1. The molecule has 1 fully saturated rings. The zero-order chi connectivity index (χ0) is 14.8. The van der Waals surface area contributed by atoms with Gasteiger partial charge in [0, 0.05) is 25.2 Å². The van der Waals surface area contributed by atoms with Crippen LogP contribution < -0.4 is 15.4 Å². The van der Waals surface area contributed by atoms with Crippen molar-refractivity contribution < 1.29 is 13.2 Å². The number of hydrogen-bond donors (Lipinski definition) is 3. The third-order valence-corrected chi connectivity index (χ3v) is 4.81. The van der Waals surface area contributed by atoms with Crippen molar-refractivity contribution in [1.82, 2.24) is 10.0 Å². The van der Waals surface area contributed by atoms with Crippen LogP contribution in [0.3, 0.4) is 0 Å². The Balaban J connectivity index is 2.11. The van der Waals surface area contributed by atoms with Gasteiger partial charge in [-0.2, -0.15) is 0 Å². The lowest BCUT2D eigenvalue weighted by Crippen LogP contribution is -2.39. The lowest BCUT2D eigenvalue weighted by atomic mass is 10.1. The molecule has 1 aliphatic rings. The van der Waals surface area contributed by atoms with Gasteiger partial charge in [-0.05, 0) is 36.7 Å². The zero-order valence-corrected chi connectivity index (χ0v) is 12.3. The summed E-state index contributed by atoms with van der Waals surface area (Å²) in [6, 6.07) is 6.04. The zero-order valence-electron chi connectivity index (χ0n) is 11.5. The molecule has 1 heterocycles. The highest BCUT2D eigenvalue weighted by Gasteiger charge is 2.28. The first-order valence-electron chi connectivity index (χ1n) is 6.49. The highest BCUT2D eigenvalue weighted by Crippen LogP contribution is 2.16. The lowest BCUT2D eigenvalue weighted by molar-refractivity contribution is -0.114. The van der Waals surface area contributed by atoms with Crippen LogP contribution in [0.15, 0.2) is 29.2 Å². The number of nitrogens with one attached hydrogen (secondary N) is 3. The van der Waals surface area contributed by atoms with Crippen molar-refractivity contribution in [3.63, 3.8) is 0 Å². The van der Waals surface area contributed by atoms with Gasteiger partial charge in [-0.1, -0.05) is 6.92 Å². The molecule has 0 saturated carbocycles. The van der Waals surface area contributed by atoms with Crippen LogP contribution >= 0.6 is 0 Å². The summed E-state index contributed by atoms with van der Waals surface area (Å²) in [5.41, 5.74) is 0.576. The highest BCUT2D eigenvalue weighted by atomic mass is 32.2. The van der Waals surface area contributed by atoms with Crippen LogP contribution in [0.25, 0.3) is 0 Å². The average molecular weight is 297 g/mol. The van der Waals surface area contributed by atoms with Crippen molar-refractivity contribution in [3.8, 4) is 0 Å². The Morgan fingerprint density at radius 3 is 2.40 bits per heavy atom. The van der Waals surface area contributed by atoms with Crippen molar-refractivity contribution in [2.75, 3.05) is 18.4 Å². The third-order valence-electron chi connectivity index (χ3n) is 3.31. The van der Waals surface area contributed by atoms with E-state index in [0.717, 1.165) is 6.54 Å². The largest absolute Gasteiger partial charge is 0.326 e. The van der Waals surface area contributed by atoms with Crippen LogP contribution in [0.2, 0.25) is 0 Å². The molecule has 0 aliphatic carbocycles. The second-order valence-electron chi connectivity index (χ2n) is 5.07. The van der Waals surface area contributed by atoms with Gasteiger partial charge < -0.3 is 10.6 Å². The molecule has 0 radical (unpaired) electrons. The van der Waals surface area contributed by atoms with Gasteiger partial charge in [-0.15, -0.1) is 0 Å². The number of sulfonamides is 1. The predicted molar refractivity (Wildman–Crippen MR) is 76.9 cm³/mol. The molecule has 7 heteroatoms. The van der Waals surface area contributed by atoms with E-state index >= 15 is 0 Å². The maximum atomic E-state index is 12.2. The molecule has 1 saturated heterocycles. The van der Waals surface area contributed by atoms with Gasteiger partial charge in [0.15, 0.2) is 0 Å². The maximum absolute atomic E-state index is 12.2. The smallest absolute Gasteiger partial charge is 0.240 e. The van der Waals surface area contributed by atoms with Gasteiger partial charge in [-0.3, -0.25) is 4.79 Å². The van der Waals surface area contributed by atoms with Gasteiger partial charge in [-0.25, -0.2) is 13.1 Å². The van der Waals surface area contributed by atoms with Crippen LogP contribution in [-0.2, 0) is 14.8 Å². The van der Waals surface area contributed by atoms with Crippen LogP contribution in [-0.4, -0.2) is 33.5 Å². The second kappa shape index (κ2) is 5.90. The lowest BCUT2D eigenvalue weighted by Gasteiger charge is -2.16. The molecule has 6 nitrogen and oxygen atoms in total.